The van der Waals surface area contributed by atoms with Crippen LogP contribution in [0.5, 0.6) is 0 Å². The minimum absolute atomic E-state index is 0.0961. The van der Waals surface area contributed by atoms with Gasteiger partial charge in [0.15, 0.2) is 5.00 Å². The fourth-order valence-electron chi connectivity index (χ4n) is 3.13. The van der Waals surface area contributed by atoms with Crippen molar-refractivity contribution in [2.45, 2.75) is 24.4 Å². The van der Waals surface area contributed by atoms with Crippen LogP contribution in [0.1, 0.15) is 17.0 Å². The molecule has 3 heterocycles. The van der Waals surface area contributed by atoms with Crippen LogP contribution < -0.4 is 4.90 Å². The van der Waals surface area contributed by atoms with Gasteiger partial charge in [0.2, 0.25) is 11.8 Å². The van der Waals surface area contributed by atoms with Gasteiger partial charge in [-0.1, -0.05) is 11.6 Å². The fourth-order valence-corrected chi connectivity index (χ4v) is 3.79. The molecule has 0 saturated heterocycles. The summed E-state index contributed by atoms with van der Waals surface area (Å²) in [4.78, 5) is 3.42. The van der Waals surface area contributed by atoms with E-state index in [2.05, 4.69) is 31.1 Å². The maximum Gasteiger partial charge on any atom is 0.275 e. The van der Waals surface area contributed by atoms with Crippen LogP contribution in [0.2, 0.25) is 0 Å². The van der Waals surface area contributed by atoms with Gasteiger partial charge in [-0.05, 0) is 45.8 Å². The first-order chi connectivity index (χ1) is 13.4. The lowest BCUT2D eigenvalue weighted by Gasteiger charge is -2.33. The van der Waals surface area contributed by atoms with Crippen LogP contribution in [0, 0.1) is 11.3 Å². The zero-order chi connectivity index (χ0) is 19.9. The van der Waals surface area contributed by atoms with E-state index in [0.717, 1.165) is 4.47 Å². The molecule has 142 valence electrons. The van der Waals surface area contributed by atoms with Crippen molar-refractivity contribution in [2.24, 2.45) is 0 Å². The monoisotopic (exact) mass is 465 g/mol. The molecule has 10 heteroatoms. The molecular weight excluding hydrogens is 456 g/mol. The van der Waals surface area contributed by atoms with E-state index in [0.29, 0.717) is 22.4 Å². The number of benzene rings is 1. The minimum atomic E-state index is -2.83. The molecule has 0 amide bonds. The molecule has 6 nitrogen and oxygen atoms in total. The number of aromatic nitrogens is 3. The van der Waals surface area contributed by atoms with E-state index >= 15 is 0 Å². The van der Waals surface area contributed by atoms with E-state index < -0.39 is 11.4 Å². The predicted octanol–water partition coefficient (Wildman–Crippen LogP) is 4.53. The summed E-state index contributed by atoms with van der Waals surface area (Å²) in [5.41, 5.74) is 2.07. The molecule has 0 saturated carbocycles. The third-order valence-electron chi connectivity index (χ3n) is 4.43. The lowest BCUT2D eigenvalue weighted by molar-refractivity contribution is 0.0941. The van der Waals surface area contributed by atoms with Crippen molar-refractivity contribution in [3.05, 3.63) is 58.1 Å². The first-order valence-corrected chi connectivity index (χ1v) is 9.29. The Morgan fingerprint density at radius 1 is 1.32 bits per heavy atom. The van der Waals surface area contributed by atoms with Gasteiger partial charge in [-0.2, -0.15) is 5.26 Å². The average molecular weight is 467 g/mol. The maximum absolute atomic E-state index is 13.8. The molecule has 0 radical (unpaired) electrons. The molecule has 0 spiro atoms. The highest BCUT2D eigenvalue weighted by Gasteiger charge is 2.50. The number of hydrogen-bond acceptors (Lipinski definition) is 6. The minimum Gasteiger partial charge on any atom is -0.419 e. The second-order valence-electron chi connectivity index (χ2n) is 6.23. The largest absolute Gasteiger partial charge is 0.419 e. The molecule has 0 N–H and O–H groups in total. The van der Waals surface area contributed by atoms with Crippen molar-refractivity contribution in [1.29, 1.82) is 5.26 Å². The van der Waals surface area contributed by atoms with Crippen LogP contribution in [-0.4, -0.2) is 26.6 Å². The number of pyridine rings is 1. The summed E-state index contributed by atoms with van der Waals surface area (Å²) in [5.74, 6) is 0.359. The van der Waals surface area contributed by atoms with Crippen molar-refractivity contribution in [2.75, 3.05) is 4.90 Å². The van der Waals surface area contributed by atoms with Crippen LogP contribution in [0.25, 0.3) is 11.5 Å². The number of nitrogens with zero attached hydrogens (tertiary/aromatic N) is 5. The summed E-state index contributed by atoms with van der Waals surface area (Å²) in [6.45, 7) is -0.0961. The van der Waals surface area contributed by atoms with Crippen molar-refractivity contribution < 1.29 is 13.2 Å². The Hall–Kier alpha value is -2.57. The third kappa shape index (κ3) is 3.23. The number of nitriles is 1. The molecule has 3 aromatic rings. The number of fused-ring (bicyclic) bond motifs is 1. The third-order valence-corrected chi connectivity index (χ3v) is 5.37. The number of halogens is 4. The molecule has 0 aliphatic carbocycles. The molecule has 4 rings (SSSR count). The molecule has 2 aromatic heterocycles. The molecule has 1 atom stereocenters. The van der Waals surface area contributed by atoms with Gasteiger partial charge in [-0.3, -0.25) is 4.98 Å². The van der Waals surface area contributed by atoms with Crippen molar-refractivity contribution in [1.82, 2.24) is 15.2 Å². The molecule has 1 aromatic carbocycles. The number of alkyl halides is 3. The highest BCUT2D eigenvalue weighted by Crippen LogP contribution is 2.46. The standard InChI is InChI=1S/C18H11BrClF2N5O/c19-13-4-12(7-24-8-13)16-26-25-15(28-16)9-27-14-2-1-10(6-23)3-11(14)5-18(27,20)17(21)22/h1-4,7-8,17H,5,9H2. The van der Waals surface area contributed by atoms with E-state index in [-0.39, 0.29) is 24.7 Å². The molecular formula is C18H11BrClF2N5O. The highest BCUT2D eigenvalue weighted by molar-refractivity contribution is 9.10. The summed E-state index contributed by atoms with van der Waals surface area (Å²) < 4.78 is 34.0. The van der Waals surface area contributed by atoms with E-state index in [1.54, 1.807) is 36.7 Å². The van der Waals surface area contributed by atoms with Gasteiger partial charge in [0.25, 0.3) is 6.43 Å². The molecule has 0 fully saturated rings. The summed E-state index contributed by atoms with van der Waals surface area (Å²) >= 11 is 9.63. The van der Waals surface area contributed by atoms with Crippen LogP contribution in [0.3, 0.4) is 0 Å². The maximum atomic E-state index is 13.8. The summed E-state index contributed by atoms with van der Waals surface area (Å²) in [5, 5.41) is 17.0. The van der Waals surface area contributed by atoms with Crippen LogP contribution in [-0.2, 0) is 13.0 Å². The Bertz CT molecular complexity index is 1090. The van der Waals surface area contributed by atoms with E-state index in [1.807, 2.05) is 6.07 Å². The smallest absolute Gasteiger partial charge is 0.275 e. The zero-order valence-electron chi connectivity index (χ0n) is 14.1. The Morgan fingerprint density at radius 2 is 2.14 bits per heavy atom. The van der Waals surface area contributed by atoms with Gasteiger partial charge in [0, 0.05) is 29.0 Å². The van der Waals surface area contributed by atoms with Crippen LogP contribution in [0.15, 0.2) is 45.5 Å². The predicted molar refractivity (Wildman–Crippen MR) is 101 cm³/mol. The van der Waals surface area contributed by atoms with E-state index in [1.165, 1.54) is 4.90 Å². The Balaban J connectivity index is 1.67. The molecule has 0 bridgehead atoms. The quantitative estimate of drug-likeness (QED) is 0.415. The molecule has 1 aliphatic heterocycles. The van der Waals surface area contributed by atoms with Crippen molar-refractivity contribution in [3.8, 4) is 17.5 Å². The molecule has 1 aliphatic rings. The van der Waals surface area contributed by atoms with Crippen molar-refractivity contribution >= 4 is 33.2 Å². The van der Waals surface area contributed by atoms with E-state index in [9.17, 15) is 8.78 Å². The lowest BCUT2D eigenvalue weighted by atomic mass is 10.1. The van der Waals surface area contributed by atoms with Gasteiger partial charge >= 0.3 is 0 Å². The molecule has 1 unspecified atom stereocenters. The first-order valence-electron chi connectivity index (χ1n) is 8.12. The highest BCUT2D eigenvalue weighted by atomic mass is 79.9. The van der Waals surface area contributed by atoms with Crippen molar-refractivity contribution in [3.63, 3.8) is 0 Å². The van der Waals surface area contributed by atoms with Gasteiger partial charge < -0.3 is 9.32 Å². The number of rotatable bonds is 4. The zero-order valence-corrected chi connectivity index (χ0v) is 16.5. The van der Waals surface area contributed by atoms with Gasteiger partial charge in [0.1, 0.15) is 0 Å². The van der Waals surface area contributed by atoms with Crippen LogP contribution in [0.4, 0.5) is 14.5 Å². The number of hydrogen-bond donors (Lipinski definition) is 0. The number of anilines is 1. The first kappa shape index (κ1) is 18.8. The summed E-state index contributed by atoms with van der Waals surface area (Å²) in [6, 6.07) is 8.50. The normalized spacial score (nSPS) is 18.4. The SMILES string of the molecule is N#Cc1ccc2c(c1)CC(Cl)(C(F)F)N2Cc1nnc(-c2cncc(Br)c2)o1. The fraction of sp³-hybridized carbons (Fsp3) is 0.222. The second-order valence-corrected chi connectivity index (χ2v) is 7.80. The van der Waals surface area contributed by atoms with Crippen LogP contribution >= 0.6 is 27.5 Å². The summed E-state index contributed by atoms with van der Waals surface area (Å²) in [7, 11) is 0. The Morgan fingerprint density at radius 3 is 2.86 bits per heavy atom. The van der Waals surface area contributed by atoms with Gasteiger partial charge in [0.05, 0.1) is 23.7 Å². The average Bonchev–Trinajstić information content (AvgIpc) is 3.25. The second kappa shape index (κ2) is 7.11. The molecule has 28 heavy (non-hydrogen) atoms. The summed E-state index contributed by atoms with van der Waals surface area (Å²) in [6.07, 6.45) is 0.237. The lowest BCUT2D eigenvalue weighted by Crippen LogP contribution is -2.47. The van der Waals surface area contributed by atoms with Gasteiger partial charge in [-0.15, -0.1) is 10.2 Å². The topological polar surface area (TPSA) is 78.8 Å². The Labute approximate surface area is 171 Å². The van der Waals surface area contributed by atoms with Gasteiger partial charge in [-0.25, -0.2) is 8.78 Å². The van der Waals surface area contributed by atoms with E-state index in [4.69, 9.17) is 21.3 Å². The Kier molecular flexibility index (Phi) is 4.77.